The van der Waals surface area contributed by atoms with Crippen molar-refractivity contribution in [1.82, 2.24) is 4.90 Å². The van der Waals surface area contributed by atoms with E-state index < -0.39 is 0 Å². The molecule has 1 aliphatic carbocycles. The summed E-state index contributed by atoms with van der Waals surface area (Å²) in [4.78, 5) is 2.51. The van der Waals surface area contributed by atoms with Gasteiger partial charge in [0.15, 0.2) is 0 Å². The molecule has 102 valence electrons. The minimum absolute atomic E-state index is 0.411. The van der Waals surface area contributed by atoms with Crippen LogP contribution < -0.4 is 5.73 Å². The van der Waals surface area contributed by atoms with Crippen LogP contribution in [0.1, 0.15) is 52.9 Å². The zero-order valence-corrected chi connectivity index (χ0v) is 12.3. The molecule has 0 radical (unpaired) electrons. The molecule has 0 aromatic rings. The zero-order valence-electron chi connectivity index (χ0n) is 12.3. The van der Waals surface area contributed by atoms with Crippen LogP contribution in [0.2, 0.25) is 0 Å². The summed E-state index contributed by atoms with van der Waals surface area (Å²) in [7, 11) is 2.27. The first-order valence-corrected chi connectivity index (χ1v) is 7.32. The maximum absolute atomic E-state index is 5.72. The van der Waals surface area contributed by atoms with Crippen molar-refractivity contribution < 1.29 is 0 Å². The summed E-state index contributed by atoms with van der Waals surface area (Å²) in [6.07, 6.45) is 6.75. The fraction of sp³-hybridized carbons (Fsp3) is 1.00. The molecule has 1 atom stereocenters. The van der Waals surface area contributed by atoms with E-state index in [-0.39, 0.29) is 0 Å². The number of rotatable bonds is 8. The van der Waals surface area contributed by atoms with E-state index in [0.717, 1.165) is 18.4 Å². The molecule has 0 aromatic carbocycles. The quantitative estimate of drug-likeness (QED) is 0.706. The second kappa shape index (κ2) is 6.75. The van der Waals surface area contributed by atoms with E-state index in [2.05, 4.69) is 32.7 Å². The standard InChI is InChI=1S/C15H32N2/c1-15(2,3)14(9-10-16)6-5-11-17(4)12-13-7-8-13/h13-14H,5-12,16H2,1-4H3. The van der Waals surface area contributed by atoms with Gasteiger partial charge in [0.2, 0.25) is 0 Å². The van der Waals surface area contributed by atoms with E-state index in [1.54, 1.807) is 0 Å². The molecule has 0 saturated heterocycles. The molecule has 0 amide bonds. The minimum Gasteiger partial charge on any atom is -0.330 e. The van der Waals surface area contributed by atoms with E-state index in [1.807, 2.05) is 0 Å². The Labute approximate surface area is 108 Å². The van der Waals surface area contributed by atoms with Crippen molar-refractivity contribution in [3.8, 4) is 0 Å². The Kier molecular flexibility index (Phi) is 5.94. The summed E-state index contributed by atoms with van der Waals surface area (Å²) in [6.45, 7) is 10.5. The van der Waals surface area contributed by atoms with Crippen molar-refractivity contribution in [1.29, 1.82) is 0 Å². The van der Waals surface area contributed by atoms with Gasteiger partial charge in [0, 0.05) is 6.54 Å². The Hall–Kier alpha value is -0.0800. The molecule has 1 fully saturated rings. The molecule has 0 heterocycles. The van der Waals surface area contributed by atoms with Crippen molar-refractivity contribution >= 4 is 0 Å². The summed E-state index contributed by atoms with van der Waals surface area (Å²) < 4.78 is 0. The van der Waals surface area contributed by atoms with Gasteiger partial charge in [-0.1, -0.05) is 20.8 Å². The second-order valence-corrected chi connectivity index (χ2v) is 6.99. The lowest BCUT2D eigenvalue weighted by molar-refractivity contribution is 0.199. The highest BCUT2D eigenvalue weighted by molar-refractivity contribution is 4.77. The van der Waals surface area contributed by atoms with Gasteiger partial charge >= 0.3 is 0 Å². The van der Waals surface area contributed by atoms with E-state index >= 15 is 0 Å². The smallest absolute Gasteiger partial charge is 0.000661 e. The Morgan fingerprint density at radius 1 is 1.24 bits per heavy atom. The third-order valence-corrected chi connectivity index (χ3v) is 4.10. The van der Waals surface area contributed by atoms with Crippen LogP contribution in [0, 0.1) is 17.3 Å². The maximum atomic E-state index is 5.72. The average molecular weight is 240 g/mol. The molecular weight excluding hydrogens is 208 g/mol. The van der Waals surface area contributed by atoms with Gasteiger partial charge in [-0.3, -0.25) is 0 Å². The van der Waals surface area contributed by atoms with E-state index in [4.69, 9.17) is 5.73 Å². The maximum Gasteiger partial charge on any atom is 0.000661 e. The van der Waals surface area contributed by atoms with E-state index in [1.165, 1.54) is 45.2 Å². The molecule has 1 saturated carbocycles. The number of nitrogens with zero attached hydrogens (tertiary/aromatic N) is 1. The lowest BCUT2D eigenvalue weighted by Crippen LogP contribution is -2.26. The SMILES string of the molecule is CN(CCCC(CCN)C(C)(C)C)CC1CC1. The molecule has 2 heteroatoms. The van der Waals surface area contributed by atoms with Gasteiger partial charge in [-0.15, -0.1) is 0 Å². The fourth-order valence-electron chi connectivity index (χ4n) is 2.65. The van der Waals surface area contributed by atoms with Crippen LogP contribution in [0.5, 0.6) is 0 Å². The van der Waals surface area contributed by atoms with Crippen LogP contribution in [-0.4, -0.2) is 31.6 Å². The fourth-order valence-corrected chi connectivity index (χ4v) is 2.65. The monoisotopic (exact) mass is 240 g/mol. The molecule has 0 aliphatic heterocycles. The molecule has 1 unspecified atom stereocenters. The van der Waals surface area contributed by atoms with Crippen molar-refractivity contribution in [2.45, 2.75) is 52.9 Å². The van der Waals surface area contributed by atoms with Crippen molar-refractivity contribution in [3.05, 3.63) is 0 Å². The topological polar surface area (TPSA) is 29.3 Å². The summed E-state index contributed by atoms with van der Waals surface area (Å²) in [5.41, 5.74) is 6.13. The molecule has 0 aromatic heterocycles. The van der Waals surface area contributed by atoms with Gasteiger partial charge in [-0.2, -0.15) is 0 Å². The summed E-state index contributed by atoms with van der Waals surface area (Å²) in [5, 5.41) is 0. The minimum atomic E-state index is 0.411. The molecule has 1 aliphatic rings. The van der Waals surface area contributed by atoms with Gasteiger partial charge in [-0.05, 0) is 69.5 Å². The highest BCUT2D eigenvalue weighted by atomic mass is 15.1. The Bertz CT molecular complexity index is 203. The Morgan fingerprint density at radius 3 is 2.35 bits per heavy atom. The van der Waals surface area contributed by atoms with E-state index in [0.29, 0.717) is 5.41 Å². The Morgan fingerprint density at radius 2 is 1.88 bits per heavy atom. The van der Waals surface area contributed by atoms with Gasteiger partial charge < -0.3 is 10.6 Å². The predicted octanol–water partition coefficient (Wildman–Crippen LogP) is 3.12. The van der Waals surface area contributed by atoms with Crippen LogP contribution in [0.4, 0.5) is 0 Å². The third-order valence-electron chi connectivity index (χ3n) is 4.10. The normalized spacial score (nSPS) is 18.7. The van der Waals surface area contributed by atoms with Gasteiger partial charge in [0.05, 0.1) is 0 Å². The van der Waals surface area contributed by atoms with Gasteiger partial charge in [-0.25, -0.2) is 0 Å². The average Bonchev–Trinajstić information content (AvgIpc) is 2.99. The lowest BCUT2D eigenvalue weighted by atomic mass is 9.76. The van der Waals surface area contributed by atoms with Crippen molar-refractivity contribution in [2.75, 3.05) is 26.7 Å². The first kappa shape index (κ1) is 15.0. The zero-order chi connectivity index (χ0) is 12.9. The summed E-state index contributed by atoms with van der Waals surface area (Å²) in [5.74, 6) is 1.80. The van der Waals surface area contributed by atoms with Crippen molar-refractivity contribution in [2.24, 2.45) is 23.0 Å². The summed E-state index contributed by atoms with van der Waals surface area (Å²) in [6, 6.07) is 0. The Balaban J connectivity index is 2.16. The molecule has 17 heavy (non-hydrogen) atoms. The largest absolute Gasteiger partial charge is 0.330 e. The molecule has 0 bridgehead atoms. The number of hydrogen-bond acceptors (Lipinski definition) is 2. The van der Waals surface area contributed by atoms with Crippen LogP contribution in [0.25, 0.3) is 0 Å². The van der Waals surface area contributed by atoms with Crippen molar-refractivity contribution in [3.63, 3.8) is 0 Å². The van der Waals surface area contributed by atoms with Crippen LogP contribution in [-0.2, 0) is 0 Å². The molecule has 2 N–H and O–H groups in total. The van der Waals surface area contributed by atoms with Gasteiger partial charge in [0.1, 0.15) is 0 Å². The summed E-state index contributed by atoms with van der Waals surface area (Å²) >= 11 is 0. The third kappa shape index (κ3) is 6.42. The molecule has 2 nitrogen and oxygen atoms in total. The molecule has 1 rings (SSSR count). The highest BCUT2D eigenvalue weighted by Gasteiger charge is 2.24. The number of hydrogen-bond donors (Lipinski definition) is 1. The van der Waals surface area contributed by atoms with Crippen LogP contribution in [0.3, 0.4) is 0 Å². The first-order valence-electron chi connectivity index (χ1n) is 7.32. The first-order chi connectivity index (χ1) is 7.93. The van der Waals surface area contributed by atoms with Crippen LogP contribution >= 0.6 is 0 Å². The second-order valence-electron chi connectivity index (χ2n) is 6.99. The van der Waals surface area contributed by atoms with Gasteiger partial charge in [0.25, 0.3) is 0 Å². The highest BCUT2D eigenvalue weighted by Crippen LogP contribution is 2.32. The predicted molar refractivity (Wildman–Crippen MR) is 76.1 cm³/mol. The molecule has 0 spiro atoms. The lowest BCUT2D eigenvalue weighted by Gasteiger charge is -2.31. The number of nitrogens with two attached hydrogens (primary N) is 1. The van der Waals surface area contributed by atoms with E-state index in [9.17, 15) is 0 Å². The van der Waals surface area contributed by atoms with Crippen LogP contribution in [0.15, 0.2) is 0 Å². The molecular formula is C15H32N2.